The van der Waals surface area contributed by atoms with Crippen LogP contribution in [0.2, 0.25) is 0 Å². The molecule has 0 N–H and O–H groups in total. The largest absolute Gasteiger partial charge is 0.465 e. The van der Waals surface area contributed by atoms with Gasteiger partial charge in [0.2, 0.25) is 0 Å². The van der Waals surface area contributed by atoms with E-state index in [4.69, 9.17) is 9.72 Å². The smallest absolute Gasteiger partial charge is 0.337 e. The van der Waals surface area contributed by atoms with E-state index in [1.165, 1.54) is 18.4 Å². The molecule has 1 heterocycles. The second-order valence-electron chi connectivity index (χ2n) is 6.97. The van der Waals surface area contributed by atoms with Gasteiger partial charge in [-0.15, -0.1) is 12.4 Å². The summed E-state index contributed by atoms with van der Waals surface area (Å²) in [7, 11) is 1.34. The van der Waals surface area contributed by atoms with E-state index in [2.05, 4.69) is 18.7 Å². The van der Waals surface area contributed by atoms with Gasteiger partial charge in [0.25, 0.3) is 5.91 Å². The van der Waals surface area contributed by atoms with E-state index < -0.39 is 5.97 Å². The molecule has 166 valence electrons. The third-order valence-electron chi connectivity index (χ3n) is 5.17. The number of hydrogen-bond acceptors (Lipinski definition) is 6. The SMILES string of the molecule is CCN(CC)CCN(C(=O)c1ccc(C(=O)OC)cc1)c1nc2c(C)cccc2s1.Cl. The summed E-state index contributed by atoms with van der Waals surface area (Å²) in [5.74, 6) is -0.552. The van der Waals surface area contributed by atoms with Gasteiger partial charge in [-0.05, 0) is 55.9 Å². The number of aromatic nitrogens is 1. The second-order valence-corrected chi connectivity index (χ2v) is 7.98. The second kappa shape index (κ2) is 11.2. The number of fused-ring (bicyclic) bond motifs is 1. The Labute approximate surface area is 193 Å². The van der Waals surface area contributed by atoms with Crippen LogP contribution in [0, 0.1) is 6.92 Å². The summed E-state index contributed by atoms with van der Waals surface area (Å²) in [6, 6.07) is 12.6. The molecule has 0 radical (unpaired) electrons. The normalized spacial score (nSPS) is 10.7. The number of thiazole rings is 1. The highest BCUT2D eigenvalue weighted by molar-refractivity contribution is 7.22. The number of nitrogens with zero attached hydrogens (tertiary/aromatic N) is 3. The van der Waals surface area contributed by atoms with E-state index >= 15 is 0 Å². The summed E-state index contributed by atoms with van der Waals surface area (Å²) >= 11 is 1.52. The van der Waals surface area contributed by atoms with Crippen molar-refractivity contribution in [3.05, 3.63) is 59.2 Å². The number of rotatable bonds is 8. The molecule has 0 aliphatic rings. The number of likely N-dealkylation sites (N-methyl/N-ethyl adjacent to an activating group) is 1. The fraction of sp³-hybridized carbons (Fsp3) is 0.348. The number of amides is 1. The average Bonchev–Trinajstić information content (AvgIpc) is 3.21. The number of aryl methyl sites for hydroxylation is 1. The lowest BCUT2D eigenvalue weighted by molar-refractivity contribution is 0.0600. The van der Waals surface area contributed by atoms with Crippen LogP contribution in [-0.2, 0) is 4.74 Å². The summed E-state index contributed by atoms with van der Waals surface area (Å²) in [5, 5.41) is 0.688. The number of esters is 1. The zero-order valence-electron chi connectivity index (χ0n) is 18.3. The van der Waals surface area contributed by atoms with Crippen LogP contribution in [-0.4, -0.2) is 55.0 Å². The quantitative estimate of drug-likeness (QED) is 0.451. The molecular formula is C23H28ClN3O3S. The zero-order chi connectivity index (χ0) is 21.7. The highest BCUT2D eigenvalue weighted by Gasteiger charge is 2.22. The molecule has 0 atom stereocenters. The van der Waals surface area contributed by atoms with Crippen LogP contribution >= 0.6 is 23.7 Å². The van der Waals surface area contributed by atoms with Crippen molar-refractivity contribution in [3.8, 4) is 0 Å². The molecule has 0 aliphatic heterocycles. The van der Waals surface area contributed by atoms with Crippen molar-refractivity contribution in [2.75, 3.05) is 38.2 Å². The Morgan fingerprint density at radius 1 is 1.00 bits per heavy atom. The molecule has 0 fully saturated rings. The molecule has 0 bridgehead atoms. The Bertz CT molecular complexity index is 1030. The summed E-state index contributed by atoms with van der Waals surface area (Å²) in [6.07, 6.45) is 0. The lowest BCUT2D eigenvalue weighted by atomic mass is 10.1. The first kappa shape index (κ1) is 24.8. The van der Waals surface area contributed by atoms with Crippen molar-refractivity contribution in [2.24, 2.45) is 0 Å². The van der Waals surface area contributed by atoms with Gasteiger partial charge in [0, 0.05) is 18.7 Å². The van der Waals surface area contributed by atoms with Crippen molar-refractivity contribution < 1.29 is 14.3 Å². The molecule has 1 amide bonds. The van der Waals surface area contributed by atoms with Gasteiger partial charge in [0.05, 0.1) is 22.9 Å². The summed E-state index contributed by atoms with van der Waals surface area (Å²) in [6.45, 7) is 9.40. The van der Waals surface area contributed by atoms with Crippen molar-refractivity contribution >= 4 is 51.0 Å². The maximum Gasteiger partial charge on any atom is 0.337 e. The number of carbonyl (C=O) groups is 2. The molecule has 1 aromatic heterocycles. The minimum Gasteiger partial charge on any atom is -0.465 e. The number of benzene rings is 2. The number of halogens is 1. The number of ether oxygens (including phenoxy) is 1. The van der Waals surface area contributed by atoms with E-state index in [0.717, 1.165) is 35.4 Å². The number of hydrogen-bond donors (Lipinski definition) is 0. The molecule has 2 aromatic carbocycles. The lowest BCUT2D eigenvalue weighted by Crippen LogP contribution is -2.38. The minimum atomic E-state index is -0.422. The molecule has 8 heteroatoms. The fourth-order valence-corrected chi connectivity index (χ4v) is 4.35. The van der Waals surface area contributed by atoms with Crippen LogP contribution < -0.4 is 4.90 Å². The van der Waals surface area contributed by atoms with Gasteiger partial charge in [-0.2, -0.15) is 0 Å². The Morgan fingerprint density at radius 3 is 2.23 bits per heavy atom. The van der Waals surface area contributed by atoms with E-state index in [1.807, 2.05) is 25.1 Å². The first-order valence-corrected chi connectivity index (χ1v) is 10.9. The maximum atomic E-state index is 13.4. The predicted octanol–water partition coefficient (Wildman–Crippen LogP) is 4.80. The third kappa shape index (κ3) is 5.61. The Balaban J connectivity index is 0.00000341. The molecule has 0 spiro atoms. The van der Waals surface area contributed by atoms with E-state index in [9.17, 15) is 9.59 Å². The Morgan fingerprint density at radius 2 is 1.65 bits per heavy atom. The predicted molar refractivity (Wildman–Crippen MR) is 129 cm³/mol. The molecule has 0 saturated carbocycles. The average molecular weight is 462 g/mol. The first-order valence-electron chi connectivity index (χ1n) is 10.1. The van der Waals surface area contributed by atoms with Gasteiger partial charge in [-0.1, -0.05) is 37.3 Å². The molecule has 0 aliphatic carbocycles. The zero-order valence-corrected chi connectivity index (χ0v) is 19.9. The molecular weight excluding hydrogens is 434 g/mol. The van der Waals surface area contributed by atoms with Crippen molar-refractivity contribution in [1.29, 1.82) is 0 Å². The maximum absolute atomic E-state index is 13.4. The fourth-order valence-electron chi connectivity index (χ4n) is 3.28. The van der Waals surface area contributed by atoms with Crippen LogP contribution in [0.5, 0.6) is 0 Å². The summed E-state index contributed by atoms with van der Waals surface area (Å²) < 4.78 is 5.80. The highest BCUT2D eigenvalue weighted by atomic mass is 35.5. The van der Waals surface area contributed by atoms with Crippen molar-refractivity contribution in [2.45, 2.75) is 20.8 Å². The molecule has 3 aromatic rings. The number of para-hydroxylation sites is 1. The van der Waals surface area contributed by atoms with E-state index in [0.29, 0.717) is 22.8 Å². The van der Waals surface area contributed by atoms with Crippen LogP contribution in [0.1, 0.15) is 40.1 Å². The van der Waals surface area contributed by atoms with Gasteiger partial charge < -0.3 is 9.64 Å². The first-order chi connectivity index (χ1) is 14.5. The number of carbonyl (C=O) groups excluding carboxylic acids is 2. The van der Waals surface area contributed by atoms with Gasteiger partial charge in [-0.3, -0.25) is 9.69 Å². The standard InChI is InChI=1S/C23H27N3O3S.ClH/c1-5-25(6-2)14-15-26(23-24-20-16(3)8-7-9-19(20)30-23)21(27)17-10-12-18(13-11-17)22(28)29-4;/h7-13H,5-6,14-15H2,1-4H3;1H. The van der Waals surface area contributed by atoms with Gasteiger partial charge >= 0.3 is 5.97 Å². The number of anilines is 1. The van der Waals surface area contributed by atoms with Gasteiger partial charge in [0.15, 0.2) is 5.13 Å². The van der Waals surface area contributed by atoms with Crippen LogP contribution in [0.3, 0.4) is 0 Å². The molecule has 6 nitrogen and oxygen atoms in total. The summed E-state index contributed by atoms with van der Waals surface area (Å²) in [4.78, 5) is 33.9. The van der Waals surface area contributed by atoms with Gasteiger partial charge in [0.1, 0.15) is 0 Å². The monoisotopic (exact) mass is 461 g/mol. The summed E-state index contributed by atoms with van der Waals surface area (Å²) in [5.41, 5.74) is 2.95. The van der Waals surface area contributed by atoms with E-state index in [1.54, 1.807) is 29.2 Å². The minimum absolute atomic E-state index is 0. The molecule has 0 saturated heterocycles. The van der Waals surface area contributed by atoms with Crippen LogP contribution in [0.25, 0.3) is 10.2 Å². The molecule has 31 heavy (non-hydrogen) atoms. The third-order valence-corrected chi connectivity index (χ3v) is 6.22. The van der Waals surface area contributed by atoms with Crippen molar-refractivity contribution in [3.63, 3.8) is 0 Å². The van der Waals surface area contributed by atoms with Gasteiger partial charge in [-0.25, -0.2) is 9.78 Å². The lowest BCUT2D eigenvalue weighted by Gasteiger charge is -2.24. The van der Waals surface area contributed by atoms with Crippen molar-refractivity contribution in [1.82, 2.24) is 9.88 Å². The van der Waals surface area contributed by atoms with Crippen LogP contribution in [0.4, 0.5) is 5.13 Å². The van der Waals surface area contributed by atoms with Crippen LogP contribution in [0.15, 0.2) is 42.5 Å². The molecule has 3 rings (SSSR count). The van der Waals surface area contributed by atoms with E-state index in [-0.39, 0.29) is 18.3 Å². The molecule has 0 unspecified atom stereocenters. The number of methoxy groups -OCH3 is 1. The Hall–Kier alpha value is -2.48. The highest BCUT2D eigenvalue weighted by Crippen LogP contribution is 2.31. The Kier molecular flexibility index (Phi) is 8.98. The topological polar surface area (TPSA) is 62.7 Å².